The molecule has 0 radical (unpaired) electrons. The number of nitrogens with two attached hydrogens (primary N) is 1. The summed E-state index contributed by atoms with van der Waals surface area (Å²) in [5.74, 6) is -0.974. The van der Waals surface area contributed by atoms with Gasteiger partial charge in [0.2, 0.25) is 0 Å². The van der Waals surface area contributed by atoms with Gasteiger partial charge in [0.25, 0.3) is 5.91 Å². The summed E-state index contributed by atoms with van der Waals surface area (Å²) in [6.45, 7) is 5.38. The molecule has 0 atom stereocenters. The second kappa shape index (κ2) is 4.49. The Balaban J connectivity index is 2.74. The lowest BCUT2D eigenvalue weighted by molar-refractivity contribution is -0.0589. The van der Waals surface area contributed by atoms with E-state index in [1.165, 1.54) is 12.1 Å². The number of rotatable bonds is 2. The topological polar surface area (TPSA) is 64.3 Å². The van der Waals surface area contributed by atoms with Crippen LogP contribution in [0.5, 0.6) is 0 Å². The second-order valence-electron chi connectivity index (χ2n) is 4.38. The van der Waals surface area contributed by atoms with Gasteiger partial charge in [-0.2, -0.15) is 0 Å². The number of benzene rings is 1. The van der Waals surface area contributed by atoms with Crippen molar-refractivity contribution in [1.82, 2.24) is 5.48 Å². The molecule has 88 valence electrons. The lowest BCUT2D eigenvalue weighted by Gasteiger charge is -2.19. The lowest BCUT2D eigenvalue weighted by Crippen LogP contribution is -2.33. The molecule has 1 aromatic rings. The third kappa shape index (κ3) is 3.51. The Kier molecular flexibility index (Phi) is 3.49. The summed E-state index contributed by atoms with van der Waals surface area (Å²) in [6, 6.07) is 3.57. The molecule has 0 aromatic heterocycles. The third-order valence-electron chi connectivity index (χ3n) is 1.71. The van der Waals surface area contributed by atoms with Crippen molar-refractivity contribution in [3.8, 4) is 0 Å². The average Bonchev–Trinajstić information content (AvgIpc) is 2.13. The highest BCUT2D eigenvalue weighted by Gasteiger charge is 2.15. The number of amides is 1. The Morgan fingerprint density at radius 1 is 1.44 bits per heavy atom. The number of hydrogen-bond donors (Lipinski definition) is 2. The molecule has 16 heavy (non-hydrogen) atoms. The van der Waals surface area contributed by atoms with Gasteiger partial charge < -0.3 is 5.73 Å². The van der Waals surface area contributed by atoms with Crippen LogP contribution in [0, 0.1) is 5.82 Å². The molecule has 1 rings (SSSR count). The van der Waals surface area contributed by atoms with Crippen LogP contribution in [0.2, 0.25) is 0 Å². The number of hydroxylamine groups is 1. The molecule has 0 aliphatic rings. The highest BCUT2D eigenvalue weighted by molar-refractivity contribution is 5.98. The predicted octanol–water partition coefficient (Wildman–Crippen LogP) is 1.87. The lowest BCUT2D eigenvalue weighted by atomic mass is 10.1. The summed E-state index contributed by atoms with van der Waals surface area (Å²) < 4.78 is 12.7. The SMILES string of the molecule is CC(C)(C)ONC(=O)c1ccc(F)cc1N. The monoisotopic (exact) mass is 226 g/mol. The number of halogens is 1. The summed E-state index contributed by atoms with van der Waals surface area (Å²) in [5, 5.41) is 0. The molecule has 0 fully saturated rings. The molecule has 1 aromatic carbocycles. The molecule has 5 heteroatoms. The fourth-order valence-electron chi connectivity index (χ4n) is 0.995. The van der Waals surface area contributed by atoms with E-state index in [2.05, 4.69) is 5.48 Å². The average molecular weight is 226 g/mol. The first-order valence-corrected chi connectivity index (χ1v) is 4.83. The Bertz CT molecular complexity index is 399. The Morgan fingerprint density at radius 2 is 2.06 bits per heavy atom. The van der Waals surface area contributed by atoms with E-state index in [0.29, 0.717) is 0 Å². The van der Waals surface area contributed by atoms with Crippen LogP contribution in [-0.2, 0) is 4.84 Å². The molecule has 0 heterocycles. The molecule has 0 saturated heterocycles. The van der Waals surface area contributed by atoms with Crippen molar-refractivity contribution in [3.05, 3.63) is 29.6 Å². The van der Waals surface area contributed by atoms with Crippen molar-refractivity contribution in [1.29, 1.82) is 0 Å². The standard InChI is InChI=1S/C11H15FN2O2/c1-11(2,3)16-14-10(15)8-5-4-7(12)6-9(8)13/h4-6H,13H2,1-3H3,(H,14,15). The van der Waals surface area contributed by atoms with E-state index >= 15 is 0 Å². The molecule has 0 aliphatic carbocycles. The van der Waals surface area contributed by atoms with E-state index in [1.54, 1.807) is 20.8 Å². The molecule has 3 N–H and O–H groups in total. The number of nitrogen functional groups attached to an aromatic ring is 1. The van der Waals surface area contributed by atoms with E-state index in [-0.39, 0.29) is 11.3 Å². The van der Waals surface area contributed by atoms with Gasteiger partial charge in [0.1, 0.15) is 5.82 Å². The first-order valence-electron chi connectivity index (χ1n) is 4.83. The van der Waals surface area contributed by atoms with Gasteiger partial charge >= 0.3 is 0 Å². The summed E-state index contributed by atoms with van der Waals surface area (Å²) in [4.78, 5) is 16.7. The molecule has 0 bridgehead atoms. The van der Waals surface area contributed by atoms with Crippen molar-refractivity contribution in [3.63, 3.8) is 0 Å². The highest BCUT2D eigenvalue weighted by atomic mass is 19.1. The number of carbonyl (C=O) groups excluding carboxylic acids is 1. The molecule has 0 aliphatic heterocycles. The van der Waals surface area contributed by atoms with Crippen LogP contribution >= 0.6 is 0 Å². The zero-order valence-electron chi connectivity index (χ0n) is 9.50. The van der Waals surface area contributed by atoms with Crippen LogP contribution in [0.4, 0.5) is 10.1 Å². The van der Waals surface area contributed by atoms with Crippen molar-refractivity contribution >= 4 is 11.6 Å². The fraction of sp³-hybridized carbons (Fsp3) is 0.364. The van der Waals surface area contributed by atoms with Gasteiger partial charge in [-0.25, -0.2) is 9.87 Å². The van der Waals surface area contributed by atoms with E-state index in [4.69, 9.17) is 10.6 Å². The number of hydrogen-bond acceptors (Lipinski definition) is 3. The minimum absolute atomic E-state index is 0.0787. The summed E-state index contributed by atoms with van der Waals surface area (Å²) in [7, 11) is 0. The van der Waals surface area contributed by atoms with Gasteiger partial charge in [-0.15, -0.1) is 0 Å². The molecule has 1 amide bonds. The van der Waals surface area contributed by atoms with Crippen LogP contribution in [0.3, 0.4) is 0 Å². The minimum atomic E-state index is -0.496. The van der Waals surface area contributed by atoms with E-state index in [1.807, 2.05) is 0 Å². The minimum Gasteiger partial charge on any atom is -0.398 e. The van der Waals surface area contributed by atoms with Crippen molar-refractivity contribution in [2.75, 3.05) is 5.73 Å². The highest BCUT2D eigenvalue weighted by Crippen LogP contribution is 2.13. The smallest absolute Gasteiger partial charge is 0.276 e. The van der Waals surface area contributed by atoms with E-state index in [9.17, 15) is 9.18 Å². The van der Waals surface area contributed by atoms with Crippen molar-refractivity contribution in [2.24, 2.45) is 0 Å². The predicted molar refractivity (Wildman–Crippen MR) is 59.1 cm³/mol. The van der Waals surface area contributed by atoms with Gasteiger partial charge in [-0.3, -0.25) is 9.63 Å². The summed E-state index contributed by atoms with van der Waals surface area (Å²) >= 11 is 0. The quantitative estimate of drug-likeness (QED) is 0.597. The van der Waals surface area contributed by atoms with Crippen LogP contribution in [0.15, 0.2) is 18.2 Å². The molecule has 4 nitrogen and oxygen atoms in total. The van der Waals surface area contributed by atoms with E-state index < -0.39 is 17.3 Å². The zero-order valence-corrected chi connectivity index (χ0v) is 9.50. The molecular weight excluding hydrogens is 211 g/mol. The first kappa shape index (κ1) is 12.4. The van der Waals surface area contributed by atoms with Crippen molar-refractivity contribution in [2.45, 2.75) is 26.4 Å². The first-order chi connectivity index (χ1) is 7.29. The third-order valence-corrected chi connectivity index (χ3v) is 1.71. The zero-order chi connectivity index (χ0) is 12.3. The second-order valence-corrected chi connectivity index (χ2v) is 4.38. The number of anilines is 1. The van der Waals surface area contributed by atoms with Gasteiger partial charge in [-0.1, -0.05) is 0 Å². The fourth-order valence-corrected chi connectivity index (χ4v) is 0.995. The Morgan fingerprint density at radius 3 is 2.56 bits per heavy atom. The Hall–Kier alpha value is -1.62. The largest absolute Gasteiger partial charge is 0.398 e. The number of nitrogens with one attached hydrogen (secondary N) is 1. The van der Waals surface area contributed by atoms with Crippen LogP contribution < -0.4 is 11.2 Å². The van der Waals surface area contributed by atoms with Gasteiger partial charge in [0, 0.05) is 5.69 Å². The normalized spacial score (nSPS) is 11.2. The van der Waals surface area contributed by atoms with Crippen LogP contribution in [0.1, 0.15) is 31.1 Å². The van der Waals surface area contributed by atoms with Crippen molar-refractivity contribution < 1.29 is 14.0 Å². The van der Waals surface area contributed by atoms with Crippen LogP contribution in [-0.4, -0.2) is 11.5 Å². The van der Waals surface area contributed by atoms with Crippen LogP contribution in [0.25, 0.3) is 0 Å². The van der Waals surface area contributed by atoms with Gasteiger partial charge in [0.15, 0.2) is 0 Å². The van der Waals surface area contributed by atoms with E-state index in [0.717, 1.165) is 6.07 Å². The maximum atomic E-state index is 12.7. The number of carbonyl (C=O) groups is 1. The molecule has 0 saturated carbocycles. The Labute approximate surface area is 93.5 Å². The molecular formula is C11H15FN2O2. The summed E-state index contributed by atoms with van der Waals surface area (Å²) in [6.07, 6.45) is 0. The maximum absolute atomic E-state index is 12.7. The van der Waals surface area contributed by atoms with Gasteiger partial charge in [-0.05, 0) is 39.0 Å². The molecule has 0 unspecified atom stereocenters. The molecule has 0 spiro atoms. The summed E-state index contributed by atoms with van der Waals surface area (Å²) in [5.41, 5.74) is 7.53. The van der Waals surface area contributed by atoms with Gasteiger partial charge in [0.05, 0.1) is 11.2 Å². The maximum Gasteiger partial charge on any atom is 0.276 e.